The smallest absolute Gasteiger partial charge is 0.296 e. The maximum atomic E-state index is 12.1. The lowest BCUT2D eigenvalue weighted by Gasteiger charge is -2.14. The van der Waals surface area contributed by atoms with Crippen molar-refractivity contribution in [2.45, 2.75) is 51.3 Å². The molecule has 5 heteroatoms. The second kappa shape index (κ2) is 9.28. The molecule has 0 fully saturated rings. The zero-order chi connectivity index (χ0) is 16.6. The molecular formula is C17H28O4S. The lowest BCUT2D eigenvalue weighted by Crippen LogP contribution is -2.13. The maximum Gasteiger partial charge on any atom is 0.296 e. The van der Waals surface area contributed by atoms with E-state index >= 15 is 0 Å². The molecule has 0 aromatic heterocycles. The summed E-state index contributed by atoms with van der Waals surface area (Å²) in [5.74, 6) is 0.705. The van der Waals surface area contributed by atoms with Gasteiger partial charge in [0.25, 0.3) is 10.1 Å². The molecule has 22 heavy (non-hydrogen) atoms. The van der Waals surface area contributed by atoms with Crippen LogP contribution in [0.2, 0.25) is 0 Å². The van der Waals surface area contributed by atoms with Crippen LogP contribution in [0.1, 0.15) is 45.1 Å². The Kier molecular flexibility index (Phi) is 8.07. The zero-order valence-corrected chi connectivity index (χ0v) is 14.6. The molecule has 0 saturated heterocycles. The fraction of sp³-hybridized carbons (Fsp3) is 0.647. The van der Waals surface area contributed by atoms with E-state index in [1.165, 1.54) is 0 Å². The number of aliphatic hydroxyl groups excluding tert-OH is 1. The predicted molar refractivity (Wildman–Crippen MR) is 88.2 cm³/mol. The molecule has 0 saturated carbocycles. The lowest BCUT2D eigenvalue weighted by molar-refractivity contribution is 0.240. The Balaban J connectivity index is 2.36. The average molecular weight is 328 g/mol. The minimum absolute atomic E-state index is 0.196. The number of aryl methyl sites for hydroxylation is 1. The molecular weight excluding hydrogens is 300 g/mol. The third-order valence-corrected chi connectivity index (χ3v) is 5.13. The summed E-state index contributed by atoms with van der Waals surface area (Å²) in [6.07, 6.45) is 3.83. The lowest BCUT2D eigenvalue weighted by atomic mass is 9.97. The van der Waals surface area contributed by atoms with E-state index in [1.807, 2.05) is 13.8 Å². The van der Waals surface area contributed by atoms with E-state index < -0.39 is 10.1 Å². The second-order valence-corrected chi connectivity index (χ2v) is 7.82. The number of benzene rings is 1. The maximum absolute atomic E-state index is 12.1. The SMILES string of the molecule is Cc1ccc(S(=O)(=O)OC[C@H](C)CCC[C@@H](C)CCO)cc1. The van der Waals surface area contributed by atoms with Gasteiger partial charge in [-0.05, 0) is 43.7 Å². The molecule has 0 aliphatic rings. The Morgan fingerprint density at radius 2 is 1.64 bits per heavy atom. The number of hydrogen-bond donors (Lipinski definition) is 1. The van der Waals surface area contributed by atoms with E-state index in [4.69, 9.17) is 9.29 Å². The predicted octanol–water partition coefficient (Wildman–Crippen LogP) is 3.53. The molecule has 0 unspecified atom stereocenters. The van der Waals surface area contributed by atoms with Crippen molar-refractivity contribution in [2.75, 3.05) is 13.2 Å². The van der Waals surface area contributed by atoms with Gasteiger partial charge >= 0.3 is 0 Å². The van der Waals surface area contributed by atoms with Gasteiger partial charge in [-0.1, -0.05) is 44.4 Å². The number of aliphatic hydroxyl groups is 1. The topological polar surface area (TPSA) is 63.6 Å². The van der Waals surface area contributed by atoms with E-state index in [0.717, 1.165) is 31.2 Å². The van der Waals surface area contributed by atoms with Gasteiger partial charge in [-0.2, -0.15) is 8.42 Å². The summed E-state index contributed by atoms with van der Waals surface area (Å²) in [6.45, 7) is 6.48. The van der Waals surface area contributed by atoms with Crippen molar-refractivity contribution in [3.63, 3.8) is 0 Å². The van der Waals surface area contributed by atoms with E-state index in [0.29, 0.717) is 5.92 Å². The summed E-state index contributed by atoms with van der Waals surface area (Å²) >= 11 is 0. The van der Waals surface area contributed by atoms with Gasteiger partial charge in [0.05, 0.1) is 11.5 Å². The number of hydrogen-bond acceptors (Lipinski definition) is 4. The zero-order valence-electron chi connectivity index (χ0n) is 13.8. The molecule has 1 aromatic carbocycles. The minimum Gasteiger partial charge on any atom is -0.396 e. The first-order valence-electron chi connectivity index (χ1n) is 7.92. The Morgan fingerprint density at radius 1 is 1.05 bits per heavy atom. The van der Waals surface area contributed by atoms with Crippen LogP contribution in [0.4, 0.5) is 0 Å². The van der Waals surface area contributed by atoms with Crippen LogP contribution in [0.3, 0.4) is 0 Å². The van der Waals surface area contributed by atoms with Crippen molar-refractivity contribution in [2.24, 2.45) is 11.8 Å². The van der Waals surface area contributed by atoms with Crippen LogP contribution >= 0.6 is 0 Å². The Labute approximate surface area is 134 Å². The summed E-state index contributed by atoms with van der Waals surface area (Å²) < 4.78 is 29.3. The molecule has 1 rings (SSSR count). The van der Waals surface area contributed by atoms with E-state index in [9.17, 15) is 8.42 Å². The van der Waals surface area contributed by atoms with Gasteiger partial charge in [-0.15, -0.1) is 0 Å². The van der Waals surface area contributed by atoms with Crippen LogP contribution in [-0.4, -0.2) is 26.7 Å². The largest absolute Gasteiger partial charge is 0.396 e. The van der Waals surface area contributed by atoms with Crippen LogP contribution in [0.25, 0.3) is 0 Å². The van der Waals surface area contributed by atoms with Crippen molar-refractivity contribution in [1.29, 1.82) is 0 Å². The molecule has 126 valence electrons. The molecule has 1 N–H and O–H groups in total. The molecule has 0 bridgehead atoms. The first-order valence-corrected chi connectivity index (χ1v) is 9.33. The summed E-state index contributed by atoms with van der Waals surface area (Å²) in [5, 5.41) is 8.86. The van der Waals surface area contributed by atoms with Crippen molar-refractivity contribution >= 4 is 10.1 Å². The summed E-state index contributed by atoms with van der Waals surface area (Å²) in [4.78, 5) is 0.210. The van der Waals surface area contributed by atoms with Gasteiger partial charge in [-0.25, -0.2) is 0 Å². The molecule has 0 heterocycles. The van der Waals surface area contributed by atoms with Crippen molar-refractivity contribution in [3.8, 4) is 0 Å². The highest BCUT2D eigenvalue weighted by atomic mass is 32.2. The van der Waals surface area contributed by atoms with Crippen molar-refractivity contribution in [3.05, 3.63) is 29.8 Å². The van der Waals surface area contributed by atoms with Crippen LogP contribution < -0.4 is 0 Å². The first-order chi connectivity index (χ1) is 10.3. The van der Waals surface area contributed by atoms with Gasteiger partial charge in [-0.3, -0.25) is 4.18 Å². The highest BCUT2D eigenvalue weighted by molar-refractivity contribution is 7.86. The standard InChI is InChI=1S/C17H28O4S/c1-14(11-12-18)5-4-6-16(3)13-21-22(19,20)17-9-7-15(2)8-10-17/h7-10,14,16,18H,4-6,11-13H2,1-3H3/t14-,16-/m1/s1. The highest BCUT2D eigenvalue weighted by Crippen LogP contribution is 2.18. The monoisotopic (exact) mass is 328 g/mol. The molecule has 2 atom stereocenters. The normalized spacial score (nSPS) is 14.7. The first kappa shape index (κ1) is 19.1. The fourth-order valence-electron chi connectivity index (χ4n) is 2.24. The van der Waals surface area contributed by atoms with E-state index in [2.05, 4.69) is 6.92 Å². The van der Waals surface area contributed by atoms with Gasteiger partial charge in [0.15, 0.2) is 0 Å². The fourth-order valence-corrected chi connectivity index (χ4v) is 3.26. The summed E-state index contributed by atoms with van der Waals surface area (Å²) in [5.41, 5.74) is 1.02. The van der Waals surface area contributed by atoms with Crippen LogP contribution in [0, 0.1) is 18.8 Å². The molecule has 0 spiro atoms. The van der Waals surface area contributed by atoms with Gasteiger partial charge < -0.3 is 5.11 Å². The summed E-state index contributed by atoms with van der Waals surface area (Å²) in [7, 11) is -3.66. The van der Waals surface area contributed by atoms with Crippen LogP contribution in [0.5, 0.6) is 0 Å². The van der Waals surface area contributed by atoms with Crippen molar-refractivity contribution < 1.29 is 17.7 Å². The Bertz CT molecular complexity index is 522. The van der Waals surface area contributed by atoms with Gasteiger partial charge in [0.2, 0.25) is 0 Å². The van der Waals surface area contributed by atoms with Crippen LogP contribution in [0.15, 0.2) is 29.2 Å². The van der Waals surface area contributed by atoms with E-state index in [1.54, 1.807) is 24.3 Å². The van der Waals surface area contributed by atoms with Crippen LogP contribution in [-0.2, 0) is 14.3 Å². The highest BCUT2D eigenvalue weighted by Gasteiger charge is 2.16. The van der Waals surface area contributed by atoms with Gasteiger partial charge in [0, 0.05) is 6.61 Å². The molecule has 0 aliphatic carbocycles. The Morgan fingerprint density at radius 3 is 2.23 bits per heavy atom. The third-order valence-electron chi connectivity index (χ3n) is 3.83. The van der Waals surface area contributed by atoms with Crippen molar-refractivity contribution in [1.82, 2.24) is 0 Å². The molecule has 1 aromatic rings. The number of rotatable bonds is 10. The Hall–Kier alpha value is -0.910. The molecule has 0 amide bonds. The summed E-state index contributed by atoms with van der Waals surface area (Å²) in [6, 6.07) is 6.68. The molecule has 0 aliphatic heterocycles. The second-order valence-electron chi connectivity index (χ2n) is 6.21. The minimum atomic E-state index is -3.66. The van der Waals surface area contributed by atoms with E-state index in [-0.39, 0.29) is 24.0 Å². The molecule has 0 radical (unpaired) electrons. The van der Waals surface area contributed by atoms with Gasteiger partial charge in [0.1, 0.15) is 0 Å². The quantitative estimate of drug-likeness (QED) is 0.667. The average Bonchev–Trinajstić information content (AvgIpc) is 2.46. The molecule has 4 nitrogen and oxygen atoms in total. The third kappa shape index (κ3) is 6.90.